The lowest BCUT2D eigenvalue weighted by molar-refractivity contribution is -0.962. The van der Waals surface area contributed by atoms with Crippen LogP contribution in [-0.4, -0.2) is 82.2 Å². The first-order valence-electron chi connectivity index (χ1n) is 11.4. The Morgan fingerprint density at radius 3 is 1.67 bits per heavy atom. The number of non-ortho nitro benzene ring substituents is 1. The maximum atomic E-state index is 10.4. The van der Waals surface area contributed by atoms with Crippen molar-refractivity contribution in [2.24, 2.45) is 0 Å². The van der Waals surface area contributed by atoms with Crippen LogP contribution in [0.5, 0.6) is 5.75 Å². The Balaban J connectivity index is 0.000000331. The fourth-order valence-electron chi connectivity index (χ4n) is 3.85. The van der Waals surface area contributed by atoms with E-state index in [1.807, 2.05) is 0 Å². The zero-order valence-electron chi connectivity index (χ0n) is 20.1. The molecule has 12 heteroatoms. The van der Waals surface area contributed by atoms with Crippen LogP contribution >= 0.6 is 0 Å². The van der Waals surface area contributed by atoms with Gasteiger partial charge in [-0.25, -0.2) is 0 Å². The molecule has 0 atom stereocenters. The Bertz CT molecular complexity index is 799. The highest BCUT2D eigenvalue weighted by molar-refractivity contribution is 5.64. The first-order valence-corrected chi connectivity index (χ1v) is 11.4. The molecule has 0 unspecified atom stereocenters. The Kier molecular flexibility index (Phi) is 10.6. The molecule has 1 N–H and O–H groups in total. The maximum absolute atomic E-state index is 10.4. The number of quaternary nitrogens is 2. The summed E-state index contributed by atoms with van der Waals surface area (Å²) in [5.74, 6) is -1.21. The lowest BCUT2D eigenvalue weighted by atomic mass is 10.1. The molecule has 1 aliphatic heterocycles. The highest BCUT2D eigenvalue weighted by Crippen LogP contribution is 2.38. The molecule has 0 saturated carbocycles. The molecule has 0 spiro atoms. The zero-order valence-corrected chi connectivity index (χ0v) is 20.1. The monoisotopic (exact) mass is 471 g/mol. The Morgan fingerprint density at radius 2 is 1.30 bits per heavy atom. The second-order valence-electron chi connectivity index (χ2n) is 9.14. The van der Waals surface area contributed by atoms with Crippen molar-refractivity contribution < 1.29 is 28.8 Å². The van der Waals surface area contributed by atoms with Gasteiger partial charge >= 0.3 is 11.4 Å². The summed E-state index contributed by atoms with van der Waals surface area (Å²) < 4.78 is 2.57. The minimum Gasteiger partial charge on any atom is -0.497 e. The van der Waals surface area contributed by atoms with Gasteiger partial charge in [0.2, 0.25) is 0 Å². The van der Waals surface area contributed by atoms with Gasteiger partial charge in [0.05, 0.1) is 67.2 Å². The zero-order chi connectivity index (χ0) is 25.2. The number of likely N-dealkylation sites (tertiary alicyclic amines) is 1. The van der Waals surface area contributed by atoms with Crippen LogP contribution in [-0.2, 0) is 0 Å². The average molecular weight is 472 g/mol. The molecule has 0 aromatic heterocycles. The molecule has 1 aromatic carbocycles. The lowest BCUT2D eigenvalue weighted by Gasteiger charge is -2.40. The molecular weight excluding hydrogens is 434 g/mol. The van der Waals surface area contributed by atoms with Crippen molar-refractivity contribution >= 4 is 17.1 Å². The number of phenolic OH excluding ortho intramolecular Hbond substituents is 1. The predicted molar refractivity (Wildman–Crippen MR) is 124 cm³/mol. The molecule has 1 saturated heterocycles. The predicted octanol–water partition coefficient (Wildman–Crippen LogP) is 4.00. The molecule has 0 aliphatic carbocycles. The standard InChI is InChI=1S/C15H34N2.C6H3N3O7/c1-5-16(3,6-2)14-15-17(4)12-10-8-7-9-11-13-17;10-6-4(8(13)14)1-3(7(11)12)2-5(6)9(15)16/h5-15H2,1-4H3;1-2,10H/q+2;. The van der Waals surface area contributed by atoms with Crippen molar-refractivity contribution in [2.45, 2.75) is 46.0 Å². The van der Waals surface area contributed by atoms with Crippen LogP contribution in [0.25, 0.3) is 0 Å². The number of likely N-dealkylation sites (N-methyl/N-ethyl adjacent to an activating group) is 2. The quantitative estimate of drug-likeness (QED) is 0.342. The van der Waals surface area contributed by atoms with Gasteiger partial charge in [0.25, 0.3) is 11.4 Å². The van der Waals surface area contributed by atoms with Crippen molar-refractivity contribution in [3.05, 3.63) is 42.5 Å². The summed E-state index contributed by atoms with van der Waals surface area (Å²) in [6.07, 6.45) is 7.28. The average Bonchev–Trinajstić information content (AvgIpc) is 2.75. The van der Waals surface area contributed by atoms with E-state index in [0.717, 1.165) is 0 Å². The molecule has 0 bridgehead atoms. The van der Waals surface area contributed by atoms with Crippen LogP contribution < -0.4 is 0 Å². The highest BCUT2D eigenvalue weighted by Gasteiger charge is 2.30. The number of rotatable bonds is 8. The van der Waals surface area contributed by atoms with Crippen molar-refractivity contribution in [2.75, 3.05) is 53.4 Å². The number of hydrogen-bond donors (Lipinski definition) is 1. The van der Waals surface area contributed by atoms with E-state index in [9.17, 15) is 30.3 Å². The van der Waals surface area contributed by atoms with Crippen molar-refractivity contribution in [1.82, 2.24) is 0 Å². The van der Waals surface area contributed by atoms with Crippen LogP contribution in [0.3, 0.4) is 0 Å². The Labute approximate surface area is 194 Å². The van der Waals surface area contributed by atoms with E-state index in [2.05, 4.69) is 27.9 Å². The van der Waals surface area contributed by atoms with E-state index < -0.39 is 37.6 Å². The molecule has 12 nitrogen and oxygen atoms in total. The van der Waals surface area contributed by atoms with Gasteiger partial charge in [-0.2, -0.15) is 0 Å². The smallest absolute Gasteiger partial charge is 0.324 e. The molecule has 1 aliphatic rings. The molecule has 1 heterocycles. The normalized spacial score (nSPS) is 16.0. The fraction of sp³-hybridized carbons (Fsp3) is 0.714. The molecule has 1 aromatic rings. The van der Waals surface area contributed by atoms with Gasteiger partial charge in [0, 0.05) is 0 Å². The topological polar surface area (TPSA) is 150 Å². The fourth-order valence-corrected chi connectivity index (χ4v) is 3.85. The molecule has 0 radical (unpaired) electrons. The lowest BCUT2D eigenvalue weighted by Crippen LogP contribution is -2.55. The van der Waals surface area contributed by atoms with Gasteiger partial charge in [0.1, 0.15) is 13.1 Å². The third-order valence-electron chi connectivity index (χ3n) is 6.76. The van der Waals surface area contributed by atoms with Crippen LogP contribution in [0.2, 0.25) is 0 Å². The number of phenols is 1. The first-order chi connectivity index (χ1) is 15.4. The van der Waals surface area contributed by atoms with Gasteiger partial charge < -0.3 is 14.1 Å². The second-order valence-corrected chi connectivity index (χ2v) is 9.14. The number of nitro benzene ring substituents is 3. The van der Waals surface area contributed by atoms with E-state index in [4.69, 9.17) is 5.11 Å². The van der Waals surface area contributed by atoms with E-state index in [-0.39, 0.29) is 0 Å². The number of aromatic hydroxyl groups is 1. The van der Waals surface area contributed by atoms with Crippen LogP contribution in [0.15, 0.2) is 12.1 Å². The number of nitro groups is 3. The Hall–Kier alpha value is -2.86. The first kappa shape index (κ1) is 28.2. The van der Waals surface area contributed by atoms with Crippen molar-refractivity contribution in [3.63, 3.8) is 0 Å². The third-order valence-corrected chi connectivity index (χ3v) is 6.76. The van der Waals surface area contributed by atoms with E-state index in [1.165, 1.54) is 80.3 Å². The largest absolute Gasteiger partial charge is 0.497 e. The highest BCUT2D eigenvalue weighted by atomic mass is 16.6. The summed E-state index contributed by atoms with van der Waals surface area (Å²) in [5, 5.41) is 40.2. The molecule has 2 rings (SSSR count). The molecule has 1 fully saturated rings. The van der Waals surface area contributed by atoms with Crippen LogP contribution in [0.4, 0.5) is 17.1 Å². The summed E-state index contributed by atoms with van der Waals surface area (Å²) in [4.78, 5) is 27.8. The summed E-state index contributed by atoms with van der Waals surface area (Å²) in [6, 6.07) is 0.894. The van der Waals surface area contributed by atoms with Gasteiger partial charge in [0.15, 0.2) is 0 Å². The maximum Gasteiger partial charge on any atom is 0.324 e. The second kappa shape index (κ2) is 12.4. The number of benzene rings is 1. The summed E-state index contributed by atoms with van der Waals surface area (Å²) in [7, 11) is 4.90. The summed E-state index contributed by atoms with van der Waals surface area (Å²) in [5.41, 5.74) is -3.00. The minimum absolute atomic E-state index is 0.447. The van der Waals surface area contributed by atoms with E-state index in [1.54, 1.807) is 0 Å². The SMILES string of the molecule is CC[N+](C)(CC)CC[N+]1(C)CCCCCCC1.O=[N+]([O-])c1cc([N+](=O)[O-])c(O)c([N+](=O)[O-])c1. The van der Waals surface area contributed by atoms with E-state index in [0.29, 0.717) is 12.1 Å². The third kappa shape index (κ3) is 8.54. The summed E-state index contributed by atoms with van der Waals surface area (Å²) in [6.45, 7) is 12.8. The van der Waals surface area contributed by atoms with E-state index >= 15 is 0 Å². The van der Waals surface area contributed by atoms with Gasteiger partial charge in [-0.05, 0) is 39.5 Å². The summed E-state index contributed by atoms with van der Waals surface area (Å²) >= 11 is 0. The van der Waals surface area contributed by atoms with Crippen LogP contribution in [0.1, 0.15) is 46.0 Å². The molecule has 0 amide bonds. The Morgan fingerprint density at radius 1 is 0.879 bits per heavy atom. The van der Waals surface area contributed by atoms with Crippen molar-refractivity contribution in [1.29, 1.82) is 0 Å². The molecular formula is C21H37N5O7+2. The molecule has 33 heavy (non-hydrogen) atoms. The number of hydrogen-bond acceptors (Lipinski definition) is 7. The molecule has 186 valence electrons. The van der Waals surface area contributed by atoms with Gasteiger partial charge in [-0.3, -0.25) is 30.3 Å². The van der Waals surface area contributed by atoms with Gasteiger partial charge in [-0.1, -0.05) is 6.42 Å². The van der Waals surface area contributed by atoms with Crippen LogP contribution in [0, 0.1) is 30.3 Å². The number of nitrogens with zero attached hydrogens (tertiary/aromatic N) is 5. The minimum atomic E-state index is -1.21. The van der Waals surface area contributed by atoms with Crippen molar-refractivity contribution in [3.8, 4) is 5.75 Å². The van der Waals surface area contributed by atoms with Gasteiger partial charge in [-0.15, -0.1) is 0 Å².